The minimum atomic E-state index is 0.179. The number of hydrogen-bond donors (Lipinski definition) is 1. The van der Waals surface area contributed by atoms with E-state index >= 15 is 0 Å². The van der Waals surface area contributed by atoms with Crippen molar-refractivity contribution >= 4 is 0 Å². The minimum Gasteiger partial charge on any atom is -0.488 e. The van der Waals surface area contributed by atoms with E-state index in [1.165, 1.54) is 5.56 Å². The van der Waals surface area contributed by atoms with Crippen LogP contribution in [0.3, 0.4) is 0 Å². The molecule has 0 heterocycles. The maximum atomic E-state index is 6.15. The molecule has 1 saturated carbocycles. The molecule has 0 aliphatic heterocycles. The molecule has 0 saturated heterocycles. The first-order valence-electron chi connectivity index (χ1n) is 8.39. The summed E-state index contributed by atoms with van der Waals surface area (Å²) in [6, 6.07) is 8.84. The first-order chi connectivity index (χ1) is 10.3. The van der Waals surface area contributed by atoms with Gasteiger partial charge in [-0.3, -0.25) is 0 Å². The molecule has 118 valence electrons. The van der Waals surface area contributed by atoms with E-state index in [1.807, 2.05) is 6.07 Å². The fraction of sp³-hybridized carbons (Fsp3) is 0.667. The van der Waals surface area contributed by atoms with Crippen LogP contribution in [0, 0.1) is 0 Å². The molecular formula is C18H29NO2. The Bertz CT molecular complexity index is 421. The van der Waals surface area contributed by atoms with Crippen LogP contribution in [0.2, 0.25) is 0 Å². The molecule has 1 N–H and O–H groups in total. The average molecular weight is 291 g/mol. The Kier molecular flexibility index (Phi) is 6.52. The van der Waals surface area contributed by atoms with E-state index in [-0.39, 0.29) is 12.2 Å². The summed E-state index contributed by atoms with van der Waals surface area (Å²) in [5.41, 5.74) is 1.32. The Morgan fingerprint density at radius 3 is 2.76 bits per heavy atom. The molecule has 3 nitrogen and oxygen atoms in total. The highest BCUT2D eigenvalue weighted by molar-refractivity contribution is 5.29. The van der Waals surface area contributed by atoms with E-state index < -0.39 is 0 Å². The molecule has 1 aliphatic rings. The summed E-state index contributed by atoms with van der Waals surface area (Å²) >= 11 is 0. The number of nitrogens with one attached hydrogen (secondary N) is 1. The van der Waals surface area contributed by atoms with Gasteiger partial charge in [0.15, 0.2) is 0 Å². The molecule has 1 aromatic carbocycles. The smallest absolute Gasteiger partial charge is 0.128 e. The Morgan fingerprint density at radius 1 is 1.19 bits per heavy atom. The highest BCUT2D eigenvalue weighted by Crippen LogP contribution is 2.29. The number of ether oxygens (including phenoxy) is 2. The molecular weight excluding hydrogens is 262 g/mol. The van der Waals surface area contributed by atoms with Crippen molar-refractivity contribution in [1.82, 2.24) is 5.32 Å². The van der Waals surface area contributed by atoms with Crippen molar-refractivity contribution in [3.05, 3.63) is 29.8 Å². The zero-order valence-electron chi connectivity index (χ0n) is 13.6. The fourth-order valence-electron chi connectivity index (χ4n) is 2.72. The quantitative estimate of drug-likeness (QED) is 0.754. The lowest BCUT2D eigenvalue weighted by molar-refractivity contribution is -0.107. The van der Waals surface area contributed by atoms with Gasteiger partial charge >= 0.3 is 0 Å². The molecule has 0 amide bonds. The Labute approximate surface area is 129 Å². The van der Waals surface area contributed by atoms with Crippen LogP contribution in [0.25, 0.3) is 0 Å². The molecule has 2 rings (SSSR count). The molecule has 0 aromatic heterocycles. The lowest BCUT2D eigenvalue weighted by atomic mass is 9.85. The Balaban J connectivity index is 1.91. The van der Waals surface area contributed by atoms with E-state index in [0.29, 0.717) is 6.04 Å². The molecule has 3 unspecified atom stereocenters. The van der Waals surface area contributed by atoms with Gasteiger partial charge in [0.2, 0.25) is 0 Å². The summed E-state index contributed by atoms with van der Waals surface area (Å²) in [5.74, 6) is 0.971. The second kappa shape index (κ2) is 8.40. The zero-order chi connectivity index (χ0) is 15.1. The molecule has 0 spiro atoms. The van der Waals surface area contributed by atoms with Crippen molar-refractivity contribution in [1.29, 1.82) is 0 Å². The van der Waals surface area contributed by atoms with E-state index in [2.05, 4.69) is 44.3 Å². The number of rotatable bonds is 9. The van der Waals surface area contributed by atoms with Crippen molar-refractivity contribution in [2.45, 2.75) is 64.7 Å². The minimum absolute atomic E-state index is 0.179. The summed E-state index contributed by atoms with van der Waals surface area (Å²) in [5, 5.41) is 3.56. The molecule has 1 aliphatic carbocycles. The van der Waals surface area contributed by atoms with Crippen molar-refractivity contribution < 1.29 is 9.47 Å². The van der Waals surface area contributed by atoms with Crippen LogP contribution in [0.4, 0.5) is 0 Å². The van der Waals surface area contributed by atoms with E-state index in [1.54, 1.807) is 0 Å². The van der Waals surface area contributed by atoms with E-state index in [4.69, 9.17) is 9.47 Å². The molecule has 1 aromatic rings. The van der Waals surface area contributed by atoms with Crippen molar-refractivity contribution in [3.8, 4) is 5.75 Å². The third-order valence-corrected chi connectivity index (χ3v) is 4.01. The predicted octanol–water partition coefficient (Wildman–Crippen LogP) is 3.56. The van der Waals surface area contributed by atoms with E-state index in [9.17, 15) is 0 Å². The molecule has 0 radical (unpaired) electrons. The fourth-order valence-corrected chi connectivity index (χ4v) is 2.72. The number of aryl methyl sites for hydroxylation is 1. The van der Waals surface area contributed by atoms with Gasteiger partial charge in [0.05, 0.1) is 0 Å². The third-order valence-electron chi connectivity index (χ3n) is 4.01. The van der Waals surface area contributed by atoms with Gasteiger partial charge in [-0.25, -0.2) is 0 Å². The normalized spacial score (nSPS) is 24.6. The topological polar surface area (TPSA) is 30.5 Å². The second-order valence-electron chi connectivity index (χ2n) is 5.79. The lowest BCUT2D eigenvalue weighted by Crippen LogP contribution is -2.61. The maximum Gasteiger partial charge on any atom is 0.128 e. The van der Waals surface area contributed by atoms with Gasteiger partial charge < -0.3 is 14.8 Å². The highest BCUT2D eigenvalue weighted by Gasteiger charge is 2.43. The summed E-state index contributed by atoms with van der Waals surface area (Å²) in [4.78, 5) is 0. The van der Waals surface area contributed by atoms with Gasteiger partial charge in [-0.1, -0.05) is 32.9 Å². The highest BCUT2D eigenvalue weighted by atomic mass is 16.5. The SMILES string of the molecule is CCCNC1CC(Oc2cccc(CC)c2)C1OCCC. The van der Waals surface area contributed by atoms with Crippen molar-refractivity contribution in [2.24, 2.45) is 0 Å². The summed E-state index contributed by atoms with van der Waals surface area (Å²) in [7, 11) is 0. The third kappa shape index (κ3) is 4.45. The number of benzene rings is 1. The Morgan fingerprint density at radius 2 is 2.05 bits per heavy atom. The summed E-state index contributed by atoms with van der Waals surface area (Å²) in [6.07, 6.45) is 4.64. The zero-order valence-corrected chi connectivity index (χ0v) is 13.6. The van der Waals surface area contributed by atoms with Crippen LogP contribution in [-0.4, -0.2) is 31.4 Å². The molecule has 21 heavy (non-hydrogen) atoms. The Hall–Kier alpha value is -1.06. The van der Waals surface area contributed by atoms with Crippen LogP contribution in [0.15, 0.2) is 24.3 Å². The molecule has 3 heteroatoms. The maximum absolute atomic E-state index is 6.15. The molecule has 1 fully saturated rings. The van der Waals surface area contributed by atoms with Gasteiger partial charge in [0.25, 0.3) is 0 Å². The van der Waals surface area contributed by atoms with Gasteiger partial charge in [-0.15, -0.1) is 0 Å². The van der Waals surface area contributed by atoms with E-state index in [0.717, 1.165) is 44.6 Å². The first kappa shape index (κ1) is 16.3. The van der Waals surface area contributed by atoms with Gasteiger partial charge in [-0.2, -0.15) is 0 Å². The predicted molar refractivity (Wildman–Crippen MR) is 87.0 cm³/mol. The van der Waals surface area contributed by atoms with Crippen LogP contribution < -0.4 is 10.1 Å². The van der Waals surface area contributed by atoms with Crippen molar-refractivity contribution in [3.63, 3.8) is 0 Å². The molecule has 3 atom stereocenters. The van der Waals surface area contributed by atoms with Crippen LogP contribution in [-0.2, 0) is 11.2 Å². The number of hydrogen-bond acceptors (Lipinski definition) is 3. The van der Waals surface area contributed by atoms with Gasteiger partial charge in [0.1, 0.15) is 18.0 Å². The summed E-state index contributed by atoms with van der Waals surface area (Å²) < 4.78 is 12.1. The standard InChI is InChI=1S/C18H29NO2/c1-4-10-19-16-13-17(18(16)20-11-5-2)21-15-9-7-8-14(6-3)12-15/h7-9,12,16-19H,4-6,10-11,13H2,1-3H3. The van der Waals surface area contributed by atoms with Crippen LogP contribution in [0.1, 0.15) is 45.6 Å². The first-order valence-corrected chi connectivity index (χ1v) is 8.39. The average Bonchev–Trinajstić information content (AvgIpc) is 2.50. The largest absolute Gasteiger partial charge is 0.488 e. The molecule has 0 bridgehead atoms. The van der Waals surface area contributed by atoms with Crippen molar-refractivity contribution in [2.75, 3.05) is 13.2 Å². The van der Waals surface area contributed by atoms with Gasteiger partial charge in [0, 0.05) is 19.1 Å². The van der Waals surface area contributed by atoms with Gasteiger partial charge in [-0.05, 0) is 43.5 Å². The van der Waals surface area contributed by atoms with Crippen LogP contribution >= 0.6 is 0 Å². The second-order valence-corrected chi connectivity index (χ2v) is 5.79. The monoisotopic (exact) mass is 291 g/mol. The van der Waals surface area contributed by atoms with Crippen LogP contribution in [0.5, 0.6) is 5.75 Å². The lowest BCUT2D eigenvalue weighted by Gasteiger charge is -2.44. The summed E-state index contributed by atoms with van der Waals surface area (Å²) in [6.45, 7) is 8.37.